The molecule has 0 aromatic heterocycles. The fourth-order valence-corrected chi connectivity index (χ4v) is 1.61. The summed E-state index contributed by atoms with van der Waals surface area (Å²) in [4.78, 5) is 22.2. The van der Waals surface area contributed by atoms with Gasteiger partial charge in [0.25, 0.3) is 5.91 Å². The highest BCUT2D eigenvalue weighted by Gasteiger charge is 2.43. The number of aldehydes is 1. The van der Waals surface area contributed by atoms with Gasteiger partial charge in [0.2, 0.25) is 0 Å². The molecule has 0 aromatic rings. The Labute approximate surface area is 114 Å². The van der Waals surface area contributed by atoms with E-state index in [2.05, 4.69) is 5.32 Å². The summed E-state index contributed by atoms with van der Waals surface area (Å²) in [6.07, 6.45) is -4.79. The summed E-state index contributed by atoms with van der Waals surface area (Å²) in [5.41, 5.74) is 15.3. The summed E-state index contributed by atoms with van der Waals surface area (Å²) < 4.78 is 5.02. The molecule has 10 nitrogen and oxygen atoms in total. The maximum Gasteiger partial charge on any atom is 0.271 e. The van der Waals surface area contributed by atoms with Gasteiger partial charge in [-0.15, -0.1) is 0 Å². The number of nitrogens with one attached hydrogen (secondary N) is 1. The van der Waals surface area contributed by atoms with Gasteiger partial charge in [-0.05, 0) is 0 Å². The molecule has 1 aliphatic heterocycles. The Hall–Kier alpha value is -1.72. The van der Waals surface area contributed by atoms with Gasteiger partial charge in [0.1, 0.15) is 36.3 Å². The average Bonchev–Trinajstić information content (AvgIpc) is 2.72. The van der Waals surface area contributed by atoms with E-state index in [1.807, 2.05) is 0 Å². The number of nitrogens with two attached hydrogens (primary N) is 3. The summed E-state index contributed by atoms with van der Waals surface area (Å²) in [5, 5.41) is 30.2. The second kappa shape index (κ2) is 6.63. The van der Waals surface area contributed by atoms with E-state index in [4.69, 9.17) is 27.0 Å². The number of carbonyl (C=O) groups excluding carboxylic acids is 2. The monoisotopic (exact) mass is 290 g/mol. The molecule has 20 heavy (non-hydrogen) atoms. The van der Waals surface area contributed by atoms with E-state index >= 15 is 0 Å². The molecule has 0 saturated carbocycles. The zero-order valence-corrected chi connectivity index (χ0v) is 10.5. The summed E-state index contributed by atoms with van der Waals surface area (Å²) in [6, 6.07) is -1.23. The van der Waals surface area contributed by atoms with E-state index in [1.54, 1.807) is 0 Å². The lowest BCUT2D eigenvalue weighted by Gasteiger charge is -2.17. The number of hydrogen-bond donors (Lipinski definition) is 7. The van der Waals surface area contributed by atoms with Crippen molar-refractivity contribution in [1.29, 1.82) is 0 Å². The van der Waals surface area contributed by atoms with Gasteiger partial charge in [-0.1, -0.05) is 0 Å². The van der Waals surface area contributed by atoms with Gasteiger partial charge in [0.15, 0.2) is 6.23 Å². The van der Waals surface area contributed by atoms with Crippen LogP contribution in [0.4, 0.5) is 0 Å². The Balaban J connectivity index is 2.74. The molecule has 5 unspecified atom stereocenters. The van der Waals surface area contributed by atoms with Crippen LogP contribution in [-0.2, 0) is 14.3 Å². The minimum atomic E-state index is -1.44. The zero-order valence-electron chi connectivity index (χ0n) is 10.5. The number of aliphatic hydroxyl groups is 3. The van der Waals surface area contributed by atoms with Crippen LogP contribution in [0.3, 0.4) is 0 Å². The highest BCUT2D eigenvalue weighted by atomic mass is 16.6. The van der Waals surface area contributed by atoms with Gasteiger partial charge in [0, 0.05) is 0 Å². The lowest BCUT2D eigenvalue weighted by atomic mass is 10.1. The maximum atomic E-state index is 11.7. The van der Waals surface area contributed by atoms with Crippen molar-refractivity contribution in [3.63, 3.8) is 0 Å². The summed E-state index contributed by atoms with van der Waals surface area (Å²) in [7, 11) is 0. The van der Waals surface area contributed by atoms with Crippen molar-refractivity contribution in [2.75, 3.05) is 6.61 Å². The van der Waals surface area contributed by atoms with Crippen LogP contribution in [0.5, 0.6) is 0 Å². The average molecular weight is 290 g/mol. The van der Waals surface area contributed by atoms with Crippen LogP contribution in [-0.4, -0.2) is 64.7 Å². The Morgan fingerprint density at radius 3 is 2.40 bits per heavy atom. The molecule has 1 amide bonds. The molecule has 0 aliphatic carbocycles. The minimum absolute atomic E-state index is 0.307. The van der Waals surface area contributed by atoms with Gasteiger partial charge in [-0.3, -0.25) is 4.79 Å². The van der Waals surface area contributed by atoms with Crippen molar-refractivity contribution in [2.45, 2.75) is 30.6 Å². The quantitative estimate of drug-likeness (QED) is 0.192. The SMILES string of the molecule is N/C(C(=O)NC1OC(CO)C(O)C1O)=C(/N)C(N)C=O. The van der Waals surface area contributed by atoms with Crippen LogP contribution in [0.2, 0.25) is 0 Å². The molecule has 0 radical (unpaired) electrons. The molecule has 1 fully saturated rings. The summed E-state index contributed by atoms with van der Waals surface area (Å²) in [5.74, 6) is -0.922. The maximum absolute atomic E-state index is 11.7. The normalized spacial score (nSPS) is 32.4. The van der Waals surface area contributed by atoms with E-state index in [0.29, 0.717) is 6.29 Å². The fraction of sp³-hybridized carbons (Fsp3) is 0.600. The third-order valence-corrected chi connectivity index (χ3v) is 2.88. The Kier molecular flexibility index (Phi) is 5.42. The molecule has 5 atom stereocenters. The minimum Gasteiger partial charge on any atom is -0.399 e. The predicted molar refractivity (Wildman–Crippen MR) is 65.3 cm³/mol. The lowest BCUT2D eigenvalue weighted by molar-refractivity contribution is -0.124. The van der Waals surface area contributed by atoms with E-state index < -0.39 is 48.8 Å². The van der Waals surface area contributed by atoms with E-state index in [-0.39, 0.29) is 5.70 Å². The first-order valence-electron chi connectivity index (χ1n) is 5.72. The van der Waals surface area contributed by atoms with E-state index in [0.717, 1.165) is 0 Å². The molecule has 0 spiro atoms. The standard InChI is InChI=1S/C10H18N4O6/c11-3(1-15)5(12)6(13)9(19)14-10-8(18)7(17)4(2-16)20-10/h1,3-4,7-8,10,16-18H,2,11-13H2,(H,14,19)/b6-5+. The second-order valence-electron chi connectivity index (χ2n) is 4.26. The first kappa shape index (κ1) is 16.3. The van der Waals surface area contributed by atoms with E-state index in [9.17, 15) is 19.8 Å². The third-order valence-electron chi connectivity index (χ3n) is 2.88. The van der Waals surface area contributed by atoms with Crippen LogP contribution in [0.15, 0.2) is 11.4 Å². The van der Waals surface area contributed by atoms with Crippen molar-refractivity contribution in [1.82, 2.24) is 5.32 Å². The first-order valence-corrected chi connectivity index (χ1v) is 5.72. The zero-order chi connectivity index (χ0) is 15.4. The van der Waals surface area contributed by atoms with Gasteiger partial charge >= 0.3 is 0 Å². The molecule has 10 heteroatoms. The number of hydrogen-bond acceptors (Lipinski definition) is 9. The van der Waals surface area contributed by atoms with Gasteiger partial charge < -0.3 is 47.4 Å². The number of ether oxygens (including phenoxy) is 1. The number of aliphatic hydroxyl groups excluding tert-OH is 3. The Bertz CT molecular complexity index is 415. The van der Waals surface area contributed by atoms with Crippen LogP contribution < -0.4 is 22.5 Å². The summed E-state index contributed by atoms with van der Waals surface area (Å²) >= 11 is 0. The van der Waals surface area contributed by atoms with Crippen LogP contribution in [0.25, 0.3) is 0 Å². The number of rotatable bonds is 5. The molecule has 114 valence electrons. The Morgan fingerprint density at radius 2 is 1.95 bits per heavy atom. The van der Waals surface area contributed by atoms with Crippen molar-refractivity contribution in [3.05, 3.63) is 11.4 Å². The van der Waals surface area contributed by atoms with Gasteiger partial charge in [-0.25, -0.2) is 0 Å². The van der Waals surface area contributed by atoms with Crippen LogP contribution in [0.1, 0.15) is 0 Å². The molecule has 1 heterocycles. The molecule has 1 rings (SSSR count). The molecule has 0 bridgehead atoms. The number of carbonyl (C=O) groups is 2. The van der Waals surface area contributed by atoms with Crippen molar-refractivity contribution in [3.8, 4) is 0 Å². The van der Waals surface area contributed by atoms with Gasteiger partial charge in [-0.2, -0.15) is 0 Å². The topological polar surface area (TPSA) is 194 Å². The van der Waals surface area contributed by atoms with Crippen molar-refractivity contribution in [2.24, 2.45) is 17.2 Å². The van der Waals surface area contributed by atoms with E-state index in [1.165, 1.54) is 0 Å². The first-order chi connectivity index (χ1) is 9.33. The van der Waals surface area contributed by atoms with Crippen molar-refractivity contribution >= 4 is 12.2 Å². The molecular weight excluding hydrogens is 272 g/mol. The third kappa shape index (κ3) is 3.23. The molecule has 1 aliphatic rings. The van der Waals surface area contributed by atoms with Crippen LogP contribution >= 0.6 is 0 Å². The largest absolute Gasteiger partial charge is 0.399 e. The molecule has 10 N–H and O–H groups in total. The van der Waals surface area contributed by atoms with Gasteiger partial charge in [0.05, 0.1) is 12.3 Å². The Morgan fingerprint density at radius 1 is 1.35 bits per heavy atom. The summed E-state index contributed by atoms with van der Waals surface area (Å²) in [6.45, 7) is -0.534. The predicted octanol–water partition coefficient (Wildman–Crippen LogP) is -4.80. The molecular formula is C10H18N4O6. The second-order valence-corrected chi connectivity index (χ2v) is 4.26. The molecule has 1 saturated heterocycles. The van der Waals surface area contributed by atoms with Crippen molar-refractivity contribution < 1.29 is 29.6 Å². The number of amides is 1. The molecule has 0 aromatic carbocycles. The lowest BCUT2D eigenvalue weighted by Crippen LogP contribution is -2.46. The smallest absolute Gasteiger partial charge is 0.271 e. The highest BCUT2D eigenvalue weighted by molar-refractivity contribution is 5.94. The fourth-order valence-electron chi connectivity index (χ4n) is 1.61. The van der Waals surface area contributed by atoms with Crippen LogP contribution in [0, 0.1) is 0 Å². The highest BCUT2D eigenvalue weighted by Crippen LogP contribution is 2.19.